The minimum Gasteiger partial charge on any atom is -0.496 e. The minimum atomic E-state index is -0.447. The standard InChI is InChI=1S/C19H27NO5/c1-7-9-10-20(14(3)19(21)25-8-2)13-16-17(23-5)11-15(22-4)12-18(16)24-6/h11-12,14H,8,10,13H2,1-6H3/t14-/m0/s1. The lowest BCUT2D eigenvalue weighted by Crippen LogP contribution is -2.40. The molecule has 1 atom stereocenters. The molecule has 1 aromatic carbocycles. The van der Waals surface area contributed by atoms with Crippen LogP contribution < -0.4 is 14.2 Å². The summed E-state index contributed by atoms with van der Waals surface area (Å²) in [4.78, 5) is 14.1. The van der Waals surface area contributed by atoms with Crippen molar-refractivity contribution in [2.75, 3.05) is 34.5 Å². The van der Waals surface area contributed by atoms with Crippen LogP contribution in [0.3, 0.4) is 0 Å². The number of nitrogens with zero attached hydrogens (tertiary/aromatic N) is 1. The van der Waals surface area contributed by atoms with Gasteiger partial charge in [-0.15, -0.1) is 5.92 Å². The van der Waals surface area contributed by atoms with Crippen molar-refractivity contribution < 1.29 is 23.7 Å². The summed E-state index contributed by atoms with van der Waals surface area (Å²) in [5.74, 6) is 7.47. The largest absolute Gasteiger partial charge is 0.496 e. The normalized spacial score (nSPS) is 11.3. The van der Waals surface area contributed by atoms with Gasteiger partial charge in [0.05, 0.1) is 40.0 Å². The van der Waals surface area contributed by atoms with Gasteiger partial charge < -0.3 is 18.9 Å². The van der Waals surface area contributed by atoms with Gasteiger partial charge in [-0.1, -0.05) is 5.92 Å². The van der Waals surface area contributed by atoms with E-state index in [2.05, 4.69) is 11.8 Å². The van der Waals surface area contributed by atoms with E-state index in [0.29, 0.717) is 36.9 Å². The fourth-order valence-corrected chi connectivity index (χ4v) is 2.36. The SMILES string of the molecule is CC#CCN(Cc1c(OC)cc(OC)cc1OC)[C@@H](C)C(=O)OCC. The molecular weight excluding hydrogens is 322 g/mol. The van der Waals surface area contributed by atoms with Crippen LogP contribution in [0.15, 0.2) is 12.1 Å². The van der Waals surface area contributed by atoms with Crippen molar-refractivity contribution >= 4 is 5.97 Å². The van der Waals surface area contributed by atoms with Crippen LogP contribution in [-0.2, 0) is 16.1 Å². The summed E-state index contributed by atoms with van der Waals surface area (Å²) in [6.07, 6.45) is 0. The van der Waals surface area contributed by atoms with Crippen molar-refractivity contribution in [1.29, 1.82) is 0 Å². The predicted molar refractivity (Wildman–Crippen MR) is 96.1 cm³/mol. The monoisotopic (exact) mass is 349 g/mol. The van der Waals surface area contributed by atoms with Gasteiger partial charge in [0.25, 0.3) is 0 Å². The highest BCUT2D eigenvalue weighted by Crippen LogP contribution is 2.35. The molecule has 0 aromatic heterocycles. The smallest absolute Gasteiger partial charge is 0.323 e. The second-order valence-electron chi connectivity index (χ2n) is 5.27. The van der Waals surface area contributed by atoms with Gasteiger partial charge in [-0.2, -0.15) is 0 Å². The molecule has 138 valence electrons. The second kappa shape index (κ2) is 10.5. The molecule has 0 bridgehead atoms. The van der Waals surface area contributed by atoms with Crippen LogP contribution in [0.5, 0.6) is 17.2 Å². The van der Waals surface area contributed by atoms with Crippen LogP contribution in [-0.4, -0.2) is 51.4 Å². The molecule has 1 aromatic rings. The molecule has 0 saturated heterocycles. The molecule has 0 unspecified atom stereocenters. The number of esters is 1. The third kappa shape index (κ3) is 5.57. The van der Waals surface area contributed by atoms with E-state index >= 15 is 0 Å². The summed E-state index contributed by atoms with van der Waals surface area (Å²) in [6.45, 7) is 6.54. The van der Waals surface area contributed by atoms with E-state index in [-0.39, 0.29) is 5.97 Å². The maximum absolute atomic E-state index is 12.2. The zero-order valence-corrected chi connectivity index (χ0v) is 15.8. The van der Waals surface area contributed by atoms with Crippen LogP contribution in [0.1, 0.15) is 26.3 Å². The van der Waals surface area contributed by atoms with E-state index in [9.17, 15) is 4.79 Å². The Balaban J connectivity index is 3.21. The number of hydrogen-bond acceptors (Lipinski definition) is 6. The highest BCUT2D eigenvalue weighted by atomic mass is 16.5. The molecule has 0 fully saturated rings. The van der Waals surface area contributed by atoms with Crippen LogP contribution in [0.25, 0.3) is 0 Å². The molecule has 0 amide bonds. The molecule has 0 spiro atoms. The molecule has 1 rings (SSSR count). The van der Waals surface area contributed by atoms with Crippen LogP contribution in [0.4, 0.5) is 0 Å². The van der Waals surface area contributed by atoms with Crippen LogP contribution in [0, 0.1) is 11.8 Å². The maximum Gasteiger partial charge on any atom is 0.323 e. The molecule has 0 radical (unpaired) electrons. The highest BCUT2D eigenvalue weighted by Gasteiger charge is 2.25. The summed E-state index contributed by atoms with van der Waals surface area (Å²) in [5, 5.41) is 0. The van der Waals surface area contributed by atoms with Crippen molar-refractivity contribution in [3.63, 3.8) is 0 Å². The van der Waals surface area contributed by atoms with Crippen molar-refractivity contribution in [2.24, 2.45) is 0 Å². The molecule has 6 nitrogen and oxygen atoms in total. The first kappa shape index (κ1) is 20.7. The number of benzene rings is 1. The first-order chi connectivity index (χ1) is 12.0. The fourth-order valence-electron chi connectivity index (χ4n) is 2.36. The Morgan fingerprint density at radius 2 is 1.76 bits per heavy atom. The molecular formula is C19H27NO5. The number of rotatable bonds is 9. The van der Waals surface area contributed by atoms with E-state index in [1.54, 1.807) is 54.2 Å². The quantitative estimate of drug-likeness (QED) is 0.504. The molecule has 6 heteroatoms. The van der Waals surface area contributed by atoms with Gasteiger partial charge in [-0.05, 0) is 20.8 Å². The molecule has 0 N–H and O–H groups in total. The fraction of sp³-hybridized carbons (Fsp3) is 0.526. The van der Waals surface area contributed by atoms with Gasteiger partial charge in [0.1, 0.15) is 23.3 Å². The summed E-state index contributed by atoms with van der Waals surface area (Å²) in [7, 11) is 4.76. The lowest BCUT2D eigenvalue weighted by atomic mass is 10.1. The topological polar surface area (TPSA) is 57.2 Å². The zero-order chi connectivity index (χ0) is 18.8. The molecule has 0 saturated carbocycles. The van der Waals surface area contributed by atoms with Crippen LogP contribution >= 0.6 is 0 Å². The van der Waals surface area contributed by atoms with E-state index in [1.165, 1.54) is 0 Å². The van der Waals surface area contributed by atoms with E-state index in [4.69, 9.17) is 18.9 Å². The van der Waals surface area contributed by atoms with Crippen molar-refractivity contribution in [3.05, 3.63) is 17.7 Å². The molecule has 0 aliphatic carbocycles. The Labute approximate surface area is 150 Å². The number of methoxy groups -OCH3 is 3. The summed E-state index contributed by atoms with van der Waals surface area (Å²) in [5.41, 5.74) is 0.819. The zero-order valence-electron chi connectivity index (χ0n) is 15.8. The first-order valence-electron chi connectivity index (χ1n) is 8.11. The third-order valence-electron chi connectivity index (χ3n) is 3.81. The lowest BCUT2D eigenvalue weighted by molar-refractivity contribution is -0.148. The third-order valence-corrected chi connectivity index (χ3v) is 3.81. The minimum absolute atomic E-state index is 0.285. The highest BCUT2D eigenvalue weighted by molar-refractivity contribution is 5.75. The maximum atomic E-state index is 12.2. The average molecular weight is 349 g/mol. The van der Waals surface area contributed by atoms with Gasteiger partial charge in [0.2, 0.25) is 0 Å². The Kier molecular flexibility index (Phi) is 8.65. The summed E-state index contributed by atoms with van der Waals surface area (Å²) in [6, 6.07) is 3.13. The van der Waals surface area contributed by atoms with E-state index in [1.807, 2.05) is 4.90 Å². The predicted octanol–water partition coefficient (Wildman–Crippen LogP) is 2.49. The van der Waals surface area contributed by atoms with Gasteiger partial charge in [-0.25, -0.2) is 0 Å². The molecule has 25 heavy (non-hydrogen) atoms. The Morgan fingerprint density at radius 1 is 1.16 bits per heavy atom. The van der Waals surface area contributed by atoms with E-state index in [0.717, 1.165) is 5.56 Å². The first-order valence-corrected chi connectivity index (χ1v) is 8.11. The van der Waals surface area contributed by atoms with Gasteiger partial charge in [0, 0.05) is 18.7 Å². The molecule has 0 aliphatic heterocycles. The number of ether oxygens (including phenoxy) is 4. The van der Waals surface area contributed by atoms with Gasteiger partial charge in [0.15, 0.2) is 0 Å². The Bertz CT molecular complexity index is 607. The van der Waals surface area contributed by atoms with Gasteiger partial charge in [-0.3, -0.25) is 9.69 Å². The molecule has 0 aliphatic rings. The number of carbonyl (C=O) groups is 1. The lowest BCUT2D eigenvalue weighted by Gasteiger charge is -2.27. The van der Waals surface area contributed by atoms with Gasteiger partial charge >= 0.3 is 5.97 Å². The van der Waals surface area contributed by atoms with E-state index < -0.39 is 6.04 Å². The van der Waals surface area contributed by atoms with Crippen LogP contribution in [0.2, 0.25) is 0 Å². The van der Waals surface area contributed by atoms with Crippen molar-refractivity contribution in [2.45, 2.75) is 33.4 Å². The van der Waals surface area contributed by atoms with Crippen molar-refractivity contribution in [3.8, 4) is 29.1 Å². The Hall–Kier alpha value is -2.39. The molecule has 0 heterocycles. The number of hydrogen-bond donors (Lipinski definition) is 0. The summed E-state index contributed by atoms with van der Waals surface area (Å²) >= 11 is 0. The Morgan fingerprint density at radius 3 is 2.20 bits per heavy atom. The number of carbonyl (C=O) groups excluding carboxylic acids is 1. The average Bonchev–Trinajstić information content (AvgIpc) is 2.64. The second-order valence-corrected chi connectivity index (χ2v) is 5.27. The van der Waals surface area contributed by atoms with Crippen molar-refractivity contribution in [1.82, 2.24) is 4.90 Å². The summed E-state index contributed by atoms with van der Waals surface area (Å²) < 4.78 is 21.4.